The monoisotopic (exact) mass is 620 g/mol. The van der Waals surface area contributed by atoms with Gasteiger partial charge in [0.15, 0.2) is 5.78 Å². The summed E-state index contributed by atoms with van der Waals surface area (Å²) in [4.78, 5) is 53.3. The van der Waals surface area contributed by atoms with Crippen LogP contribution in [0.25, 0.3) is 0 Å². The van der Waals surface area contributed by atoms with Crippen LogP contribution in [-0.2, 0) is 9.59 Å². The first-order valence-corrected chi connectivity index (χ1v) is 13.1. The number of benzene rings is 1. The predicted molar refractivity (Wildman–Crippen MR) is 130 cm³/mol. The lowest BCUT2D eigenvalue weighted by molar-refractivity contribution is -0.154. The SMILES string of the molecule is O=C(CN(C(=O)c1ccc(Cl)c(Cl)c1)N1C(=O)[C@@H]2C[C@@H](Br)[C@@H](Br)C[C@H]2C1=O)c1cccs1. The Morgan fingerprint density at radius 1 is 1.03 bits per heavy atom. The minimum absolute atomic E-state index is 0.0208. The third kappa shape index (κ3) is 4.42. The first-order valence-electron chi connectivity index (χ1n) is 9.68. The molecule has 2 aliphatic rings. The molecule has 0 N–H and O–H groups in total. The average Bonchev–Trinajstić information content (AvgIpc) is 3.37. The smallest absolute Gasteiger partial charge is 0.273 e. The molecule has 0 spiro atoms. The Hall–Kier alpha value is -1.26. The molecule has 1 saturated heterocycles. The van der Waals surface area contributed by atoms with Crippen LogP contribution < -0.4 is 0 Å². The van der Waals surface area contributed by atoms with Crippen molar-refractivity contribution in [3.05, 3.63) is 56.2 Å². The van der Waals surface area contributed by atoms with E-state index >= 15 is 0 Å². The van der Waals surface area contributed by atoms with Gasteiger partial charge in [0.2, 0.25) is 0 Å². The summed E-state index contributed by atoms with van der Waals surface area (Å²) < 4.78 is 0. The maximum absolute atomic E-state index is 13.4. The second-order valence-corrected chi connectivity index (χ2v) is 11.7. The van der Waals surface area contributed by atoms with E-state index in [9.17, 15) is 19.2 Å². The number of hydrazine groups is 1. The van der Waals surface area contributed by atoms with Crippen LogP contribution in [0.5, 0.6) is 0 Å². The number of ketones is 1. The Morgan fingerprint density at radius 2 is 1.66 bits per heavy atom. The lowest BCUT2D eigenvalue weighted by atomic mass is 9.81. The molecule has 1 aromatic carbocycles. The summed E-state index contributed by atoms with van der Waals surface area (Å²) in [6, 6.07) is 7.61. The average molecular weight is 623 g/mol. The molecule has 2 heterocycles. The van der Waals surface area contributed by atoms with E-state index in [1.807, 2.05) is 0 Å². The number of thiophene rings is 1. The number of imide groups is 1. The predicted octanol–water partition coefficient (Wildman–Crippen LogP) is 5.22. The Bertz CT molecular complexity index is 1070. The van der Waals surface area contributed by atoms with E-state index in [-0.39, 0.29) is 31.0 Å². The highest BCUT2D eigenvalue weighted by Crippen LogP contribution is 2.43. The summed E-state index contributed by atoms with van der Waals surface area (Å²) in [5.74, 6) is -3.11. The fourth-order valence-corrected chi connectivity index (χ4v) is 6.17. The molecule has 1 aliphatic carbocycles. The molecule has 0 radical (unpaired) electrons. The Balaban J connectivity index is 1.70. The highest BCUT2D eigenvalue weighted by Gasteiger charge is 2.54. The second-order valence-electron chi connectivity index (χ2n) is 7.60. The molecule has 3 amide bonds. The maximum Gasteiger partial charge on any atom is 0.273 e. The van der Waals surface area contributed by atoms with Gasteiger partial charge < -0.3 is 0 Å². The number of nitrogens with zero attached hydrogens (tertiary/aromatic N) is 2. The van der Waals surface area contributed by atoms with E-state index in [4.69, 9.17) is 23.2 Å². The lowest BCUT2D eigenvalue weighted by Crippen LogP contribution is -2.52. The van der Waals surface area contributed by atoms with E-state index in [1.165, 1.54) is 29.5 Å². The number of hydrogen-bond acceptors (Lipinski definition) is 5. The molecule has 11 heteroatoms. The van der Waals surface area contributed by atoms with Gasteiger partial charge in [0.05, 0.1) is 26.8 Å². The first-order chi connectivity index (χ1) is 15.2. The number of carbonyl (C=O) groups excluding carboxylic acids is 4. The molecule has 4 atom stereocenters. The zero-order chi connectivity index (χ0) is 23.2. The lowest BCUT2D eigenvalue weighted by Gasteiger charge is -2.30. The van der Waals surface area contributed by atoms with Crippen molar-refractivity contribution in [1.29, 1.82) is 0 Å². The van der Waals surface area contributed by atoms with Gasteiger partial charge >= 0.3 is 0 Å². The normalized spacial score (nSPS) is 25.1. The summed E-state index contributed by atoms with van der Waals surface area (Å²) in [7, 11) is 0. The molecular formula is C21H16Br2Cl2N2O4S. The molecule has 1 saturated carbocycles. The van der Waals surface area contributed by atoms with E-state index in [0.29, 0.717) is 17.7 Å². The van der Waals surface area contributed by atoms with Crippen molar-refractivity contribution in [2.75, 3.05) is 6.54 Å². The van der Waals surface area contributed by atoms with Crippen LogP contribution in [0.1, 0.15) is 32.9 Å². The second kappa shape index (κ2) is 9.54. The molecule has 2 fully saturated rings. The number of fused-ring (bicyclic) bond motifs is 1. The molecule has 2 aromatic rings. The van der Waals surface area contributed by atoms with Crippen LogP contribution in [0.15, 0.2) is 35.7 Å². The summed E-state index contributed by atoms with van der Waals surface area (Å²) >= 11 is 20.4. The summed E-state index contributed by atoms with van der Waals surface area (Å²) in [5.41, 5.74) is 0.116. The molecule has 32 heavy (non-hydrogen) atoms. The first kappa shape index (κ1) is 23.9. The molecular weight excluding hydrogens is 607 g/mol. The molecule has 168 valence electrons. The largest absolute Gasteiger partial charge is 0.291 e. The van der Waals surface area contributed by atoms with Gasteiger partial charge in [-0.3, -0.25) is 19.2 Å². The van der Waals surface area contributed by atoms with Crippen molar-refractivity contribution in [3.63, 3.8) is 0 Å². The molecule has 6 nitrogen and oxygen atoms in total. The minimum atomic E-state index is -0.681. The molecule has 0 bridgehead atoms. The van der Waals surface area contributed by atoms with Crippen LogP contribution in [0.4, 0.5) is 0 Å². The number of Topliss-reactive ketones (excluding diaryl/α,β-unsaturated/α-hetero) is 1. The van der Waals surface area contributed by atoms with Crippen LogP contribution in [0.3, 0.4) is 0 Å². The zero-order valence-electron chi connectivity index (χ0n) is 16.3. The highest BCUT2D eigenvalue weighted by molar-refractivity contribution is 9.12. The summed E-state index contributed by atoms with van der Waals surface area (Å²) in [6.45, 7) is -0.452. The number of carbonyl (C=O) groups is 4. The molecule has 0 unspecified atom stereocenters. The van der Waals surface area contributed by atoms with Crippen molar-refractivity contribution in [2.45, 2.75) is 22.5 Å². The number of halogens is 4. The van der Waals surface area contributed by atoms with Gasteiger partial charge in [-0.1, -0.05) is 61.1 Å². The van der Waals surface area contributed by atoms with Gasteiger partial charge in [0.25, 0.3) is 17.7 Å². The standard InChI is InChI=1S/C21H16Br2Cl2N2O4S/c22-13-7-11-12(8-14(13)23)21(31)27(20(11)30)26(9-17(28)18-2-1-5-32-18)19(29)10-3-4-15(24)16(25)6-10/h1-6,11-14H,7-9H2/t11-,12-,13-,14+/m1/s1. The number of hydrogen-bond donors (Lipinski definition) is 0. The van der Waals surface area contributed by atoms with Crippen molar-refractivity contribution < 1.29 is 19.2 Å². The number of rotatable bonds is 5. The third-order valence-corrected chi connectivity index (χ3v) is 10.0. The van der Waals surface area contributed by atoms with Gasteiger partial charge in [0, 0.05) is 15.2 Å². The summed E-state index contributed by atoms with van der Waals surface area (Å²) in [5, 5.41) is 3.95. The van der Waals surface area contributed by atoms with Crippen LogP contribution in [-0.4, -0.2) is 49.7 Å². The minimum Gasteiger partial charge on any atom is -0.291 e. The number of alkyl halides is 2. The Kier molecular flexibility index (Phi) is 7.12. The van der Waals surface area contributed by atoms with E-state index < -0.39 is 36.1 Å². The fraction of sp³-hybridized carbons (Fsp3) is 0.333. The van der Waals surface area contributed by atoms with Crippen molar-refractivity contribution in [2.24, 2.45) is 11.8 Å². The van der Waals surface area contributed by atoms with Gasteiger partial charge in [0.1, 0.15) is 6.54 Å². The van der Waals surface area contributed by atoms with Gasteiger partial charge in [-0.15, -0.1) is 11.3 Å². The molecule has 1 aromatic heterocycles. The Labute approximate surface area is 215 Å². The van der Waals surface area contributed by atoms with E-state index in [1.54, 1.807) is 17.5 Å². The van der Waals surface area contributed by atoms with Gasteiger partial charge in [-0.25, -0.2) is 5.01 Å². The quantitative estimate of drug-likeness (QED) is 0.261. The third-order valence-electron chi connectivity index (χ3n) is 5.62. The van der Waals surface area contributed by atoms with E-state index in [2.05, 4.69) is 31.9 Å². The van der Waals surface area contributed by atoms with E-state index in [0.717, 1.165) is 10.0 Å². The summed E-state index contributed by atoms with van der Waals surface area (Å²) in [6.07, 6.45) is 0.907. The topological polar surface area (TPSA) is 74.8 Å². The van der Waals surface area contributed by atoms with Crippen molar-refractivity contribution in [1.82, 2.24) is 10.0 Å². The van der Waals surface area contributed by atoms with Crippen LogP contribution in [0, 0.1) is 11.8 Å². The van der Waals surface area contributed by atoms with Crippen molar-refractivity contribution in [3.8, 4) is 0 Å². The fourth-order valence-electron chi connectivity index (χ4n) is 3.98. The Morgan fingerprint density at radius 3 is 2.19 bits per heavy atom. The number of amides is 3. The molecule has 4 rings (SSSR count). The van der Waals surface area contributed by atoms with Crippen molar-refractivity contribution >= 4 is 89.9 Å². The van der Waals surface area contributed by atoms with Crippen LogP contribution in [0.2, 0.25) is 10.0 Å². The van der Waals surface area contributed by atoms with Gasteiger partial charge in [-0.2, -0.15) is 5.01 Å². The van der Waals surface area contributed by atoms with Crippen LogP contribution >= 0.6 is 66.4 Å². The zero-order valence-corrected chi connectivity index (χ0v) is 21.8. The maximum atomic E-state index is 13.4. The van der Waals surface area contributed by atoms with Gasteiger partial charge in [-0.05, 0) is 42.5 Å². The molecule has 1 aliphatic heterocycles. The highest BCUT2D eigenvalue weighted by atomic mass is 79.9.